The van der Waals surface area contributed by atoms with Crippen molar-refractivity contribution in [2.24, 2.45) is 0 Å². The second-order valence-corrected chi connectivity index (χ2v) is 2.99. The average Bonchev–Trinajstić information content (AvgIpc) is 2.11. The summed E-state index contributed by atoms with van der Waals surface area (Å²) < 4.78 is 13.1. The maximum Gasteiger partial charge on any atom is 0.130 e. The summed E-state index contributed by atoms with van der Waals surface area (Å²) in [5, 5.41) is 2.96. The van der Waals surface area contributed by atoms with Crippen molar-refractivity contribution in [1.29, 1.82) is 0 Å². The minimum Gasteiger partial charge on any atom is -0.316 e. The molecule has 0 spiro atoms. The highest BCUT2D eigenvalue weighted by molar-refractivity contribution is 5.51. The maximum atomic E-state index is 13.1. The van der Waals surface area contributed by atoms with Gasteiger partial charge in [-0.05, 0) is 26.1 Å². The van der Waals surface area contributed by atoms with Gasteiger partial charge in [0.05, 0.1) is 0 Å². The van der Waals surface area contributed by atoms with Crippen LogP contribution in [0.25, 0.3) is 6.08 Å². The molecule has 1 aromatic rings. The second-order valence-electron chi connectivity index (χ2n) is 2.99. The lowest BCUT2D eigenvalue weighted by atomic mass is 10.1. The second kappa shape index (κ2) is 4.77. The highest BCUT2D eigenvalue weighted by Gasteiger charge is 1.96. The van der Waals surface area contributed by atoms with E-state index in [1.807, 2.05) is 26.1 Å². The molecule has 0 amide bonds. The van der Waals surface area contributed by atoms with E-state index in [-0.39, 0.29) is 5.82 Å². The minimum absolute atomic E-state index is 0.169. The Hall–Kier alpha value is -1.15. The molecule has 0 aromatic heterocycles. The summed E-state index contributed by atoms with van der Waals surface area (Å²) in [7, 11) is 1.86. The molecule has 1 aromatic carbocycles. The number of hydrogen-bond acceptors (Lipinski definition) is 1. The third-order valence-corrected chi connectivity index (χ3v) is 1.77. The standard InChI is InChI=1S/C11H14FN/c1-9-5-6-11(12)10(8-9)4-3-7-13-2/h3-6,8,13H,7H2,1-2H3/b4-3+. The van der Waals surface area contributed by atoms with Crippen molar-refractivity contribution in [2.75, 3.05) is 13.6 Å². The number of hydrogen-bond donors (Lipinski definition) is 1. The van der Waals surface area contributed by atoms with Crippen molar-refractivity contribution < 1.29 is 4.39 Å². The molecule has 0 aliphatic heterocycles. The van der Waals surface area contributed by atoms with Crippen LogP contribution in [0.4, 0.5) is 4.39 Å². The fourth-order valence-electron chi connectivity index (χ4n) is 1.09. The summed E-state index contributed by atoms with van der Waals surface area (Å²) in [6.45, 7) is 2.71. The van der Waals surface area contributed by atoms with Gasteiger partial charge < -0.3 is 5.32 Å². The summed E-state index contributed by atoms with van der Waals surface area (Å²) in [4.78, 5) is 0. The zero-order valence-electron chi connectivity index (χ0n) is 7.97. The highest BCUT2D eigenvalue weighted by Crippen LogP contribution is 2.11. The van der Waals surface area contributed by atoms with E-state index in [2.05, 4.69) is 5.32 Å². The molecule has 1 nitrogen and oxygen atoms in total. The Balaban J connectivity index is 2.81. The van der Waals surface area contributed by atoms with Crippen LogP contribution in [0.3, 0.4) is 0 Å². The third-order valence-electron chi connectivity index (χ3n) is 1.77. The summed E-state index contributed by atoms with van der Waals surface area (Å²) in [5.74, 6) is -0.169. The number of aryl methyl sites for hydroxylation is 1. The number of rotatable bonds is 3. The zero-order valence-corrected chi connectivity index (χ0v) is 7.97. The first-order valence-corrected chi connectivity index (χ1v) is 4.31. The normalized spacial score (nSPS) is 11.0. The van der Waals surface area contributed by atoms with Crippen LogP contribution >= 0.6 is 0 Å². The van der Waals surface area contributed by atoms with Gasteiger partial charge in [-0.25, -0.2) is 4.39 Å². The van der Waals surface area contributed by atoms with Crippen molar-refractivity contribution in [3.63, 3.8) is 0 Å². The topological polar surface area (TPSA) is 12.0 Å². The van der Waals surface area contributed by atoms with Crippen LogP contribution in [0.5, 0.6) is 0 Å². The summed E-state index contributed by atoms with van der Waals surface area (Å²) >= 11 is 0. The Labute approximate surface area is 78.3 Å². The van der Waals surface area contributed by atoms with Crippen LogP contribution in [0.1, 0.15) is 11.1 Å². The monoisotopic (exact) mass is 179 g/mol. The lowest BCUT2D eigenvalue weighted by molar-refractivity contribution is 0.624. The summed E-state index contributed by atoms with van der Waals surface area (Å²) in [5.41, 5.74) is 1.72. The highest BCUT2D eigenvalue weighted by atomic mass is 19.1. The first-order valence-electron chi connectivity index (χ1n) is 4.31. The van der Waals surface area contributed by atoms with Crippen molar-refractivity contribution in [3.8, 4) is 0 Å². The first kappa shape index (κ1) is 9.93. The van der Waals surface area contributed by atoms with Gasteiger partial charge in [-0.1, -0.05) is 23.8 Å². The van der Waals surface area contributed by atoms with E-state index in [1.165, 1.54) is 6.07 Å². The molecule has 0 bridgehead atoms. The van der Waals surface area contributed by atoms with E-state index in [0.717, 1.165) is 12.1 Å². The molecule has 0 heterocycles. The maximum absolute atomic E-state index is 13.1. The summed E-state index contributed by atoms with van der Waals surface area (Å²) in [6, 6.07) is 5.10. The van der Waals surface area contributed by atoms with E-state index in [4.69, 9.17) is 0 Å². The lowest BCUT2D eigenvalue weighted by Gasteiger charge is -1.98. The van der Waals surface area contributed by atoms with Crippen molar-refractivity contribution in [3.05, 3.63) is 41.2 Å². The van der Waals surface area contributed by atoms with Gasteiger partial charge >= 0.3 is 0 Å². The molecule has 0 unspecified atom stereocenters. The Morgan fingerprint density at radius 3 is 2.92 bits per heavy atom. The molecule has 0 saturated heterocycles. The van der Waals surface area contributed by atoms with Crippen LogP contribution in [0.15, 0.2) is 24.3 Å². The van der Waals surface area contributed by atoms with Gasteiger partial charge in [-0.3, -0.25) is 0 Å². The third kappa shape index (κ3) is 2.99. The van der Waals surface area contributed by atoms with Crippen molar-refractivity contribution in [1.82, 2.24) is 5.32 Å². The predicted molar refractivity (Wildman–Crippen MR) is 54.1 cm³/mol. The van der Waals surface area contributed by atoms with Gasteiger partial charge in [0.25, 0.3) is 0 Å². The van der Waals surface area contributed by atoms with E-state index in [9.17, 15) is 4.39 Å². The quantitative estimate of drug-likeness (QED) is 0.751. The van der Waals surface area contributed by atoms with E-state index >= 15 is 0 Å². The van der Waals surface area contributed by atoms with Crippen LogP contribution in [0.2, 0.25) is 0 Å². The Morgan fingerprint density at radius 2 is 2.23 bits per heavy atom. The van der Waals surface area contributed by atoms with E-state index < -0.39 is 0 Å². The zero-order chi connectivity index (χ0) is 9.68. The molecule has 1 rings (SSSR count). The first-order chi connectivity index (χ1) is 6.24. The van der Waals surface area contributed by atoms with E-state index in [0.29, 0.717) is 5.56 Å². The Bertz CT molecular complexity index is 305. The lowest BCUT2D eigenvalue weighted by Crippen LogP contribution is -2.03. The molecular weight excluding hydrogens is 165 g/mol. The van der Waals surface area contributed by atoms with Gasteiger partial charge in [-0.2, -0.15) is 0 Å². The van der Waals surface area contributed by atoms with Gasteiger partial charge in [0.1, 0.15) is 5.82 Å². The van der Waals surface area contributed by atoms with Gasteiger partial charge in [0.15, 0.2) is 0 Å². The summed E-state index contributed by atoms with van der Waals surface area (Å²) in [6.07, 6.45) is 3.69. The van der Waals surface area contributed by atoms with Crippen molar-refractivity contribution >= 4 is 6.08 Å². The van der Waals surface area contributed by atoms with Gasteiger partial charge in [0, 0.05) is 12.1 Å². The number of likely N-dealkylation sites (N-methyl/N-ethyl adjacent to an activating group) is 1. The van der Waals surface area contributed by atoms with Crippen LogP contribution in [-0.4, -0.2) is 13.6 Å². The molecule has 1 N–H and O–H groups in total. The van der Waals surface area contributed by atoms with Crippen LogP contribution in [0, 0.1) is 12.7 Å². The SMILES string of the molecule is CNC/C=C/c1cc(C)ccc1F. The molecule has 70 valence electrons. The fraction of sp³-hybridized carbons (Fsp3) is 0.273. The molecule has 0 saturated carbocycles. The fourth-order valence-corrected chi connectivity index (χ4v) is 1.09. The van der Waals surface area contributed by atoms with E-state index in [1.54, 1.807) is 12.1 Å². The van der Waals surface area contributed by atoms with Crippen LogP contribution < -0.4 is 5.32 Å². The molecular formula is C11H14FN. The minimum atomic E-state index is -0.169. The molecule has 13 heavy (non-hydrogen) atoms. The number of nitrogens with one attached hydrogen (secondary N) is 1. The molecule has 0 aliphatic carbocycles. The number of benzene rings is 1. The molecule has 0 radical (unpaired) electrons. The average molecular weight is 179 g/mol. The van der Waals surface area contributed by atoms with Crippen molar-refractivity contribution in [2.45, 2.75) is 6.92 Å². The molecule has 0 fully saturated rings. The van der Waals surface area contributed by atoms with Gasteiger partial charge in [0.2, 0.25) is 0 Å². The molecule has 0 atom stereocenters. The van der Waals surface area contributed by atoms with Gasteiger partial charge in [-0.15, -0.1) is 0 Å². The molecule has 0 aliphatic rings. The smallest absolute Gasteiger partial charge is 0.130 e. The molecule has 2 heteroatoms. The van der Waals surface area contributed by atoms with Crippen LogP contribution in [-0.2, 0) is 0 Å². The number of halogens is 1. The predicted octanol–water partition coefficient (Wildman–Crippen LogP) is 2.37. The Morgan fingerprint density at radius 1 is 1.46 bits per heavy atom. The Kier molecular flexibility index (Phi) is 3.65. The largest absolute Gasteiger partial charge is 0.316 e.